The first kappa shape index (κ1) is 13.7. The molecule has 2 atom stereocenters. The summed E-state index contributed by atoms with van der Waals surface area (Å²) in [6.45, 7) is 9.33. The molecule has 3 heteroatoms. The first-order chi connectivity index (χ1) is 8.12. The molecule has 0 radical (unpaired) electrons. The molecule has 1 saturated carbocycles. The average molecular weight is 236 g/mol. The molecule has 0 aromatic carbocycles. The van der Waals surface area contributed by atoms with Gasteiger partial charge in [0.2, 0.25) is 0 Å². The second-order valence-corrected chi connectivity index (χ2v) is 4.42. The van der Waals surface area contributed by atoms with Gasteiger partial charge >= 0.3 is 5.97 Å². The van der Waals surface area contributed by atoms with Crippen LogP contribution in [0.4, 0.5) is 0 Å². The first-order valence-electron chi connectivity index (χ1n) is 6.05. The number of hydrogen-bond acceptors (Lipinski definition) is 3. The first-order valence-corrected chi connectivity index (χ1v) is 6.05. The molecule has 0 heterocycles. The zero-order valence-corrected chi connectivity index (χ0v) is 10.4. The third-order valence-corrected chi connectivity index (χ3v) is 3.37. The molecule has 0 aliphatic heterocycles. The van der Waals surface area contributed by atoms with Gasteiger partial charge in [-0.05, 0) is 32.6 Å². The molecule has 1 fully saturated rings. The maximum Gasteiger partial charge on any atom is 0.319 e. The van der Waals surface area contributed by atoms with E-state index in [1.54, 1.807) is 19.1 Å². The Hall–Kier alpha value is -1.38. The molecule has 0 aromatic heterocycles. The van der Waals surface area contributed by atoms with Crippen LogP contribution in [-0.2, 0) is 14.3 Å². The Morgan fingerprint density at radius 1 is 1.53 bits per heavy atom. The van der Waals surface area contributed by atoms with Crippen LogP contribution in [0, 0.1) is 11.3 Å². The van der Waals surface area contributed by atoms with Gasteiger partial charge in [-0.15, -0.1) is 13.2 Å². The second-order valence-electron chi connectivity index (χ2n) is 4.42. The van der Waals surface area contributed by atoms with Crippen molar-refractivity contribution in [1.29, 1.82) is 0 Å². The van der Waals surface area contributed by atoms with E-state index in [1.807, 2.05) is 0 Å². The lowest BCUT2D eigenvalue weighted by Gasteiger charge is -2.24. The molecule has 0 spiro atoms. The quantitative estimate of drug-likeness (QED) is 0.404. The van der Waals surface area contributed by atoms with E-state index < -0.39 is 11.4 Å². The van der Waals surface area contributed by atoms with Gasteiger partial charge in [0.15, 0.2) is 5.78 Å². The van der Waals surface area contributed by atoms with Crippen molar-refractivity contribution in [2.45, 2.75) is 32.6 Å². The maximum absolute atomic E-state index is 12.3. The predicted molar refractivity (Wildman–Crippen MR) is 66.4 cm³/mol. The van der Waals surface area contributed by atoms with E-state index in [1.165, 1.54) is 0 Å². The van der Waals surface area contributed by atoms with Gasteiger partial charge in [0, 0.05) is 5.92 Å². The van der Waals surface area contributed by atoms with Crippen molar-refractivity contribution in [2.24, 2.45) is 11.3 Å². The Kier molecular flexibility index (Phi) is 4.67. The van der Waals surface area contributed by atoms with Gasteiger partial charge < -0.3 is 4.74 Å². The van der Waals surface area contributed by atoms with Crippen LogP contribution in [0.15, 0.2) is 25.3 Å². The number of esters is 1. The van der Waals surface area contributed by atoms with Crippen LogP contribution in [0.5, 0.6) is 0 Å². The number of ketones is 1. The molecule has 0 aromatic rings. The lowest BCUT2D eigenvalue weighted by atomic mass is 9.80. The number of ether oxygens (including phenoxy) is 1. The molecule has 0 amide bonds. The number of hydrogen-bond donors (Lipinski definition) is 0. The zero-order chi connectivity index (χ0) is 12.9. The van der Waals surface area contributed by atoms with Gasteiger partial charge in [-0.25, -0.2) is 0 Å². The second kappa shape index (κ2) is 5.80. The number of carbonyl (C=O) groups excluding carboxylic acids is 2. The summed E-state index contributed by atoms with van der Waals surface area (Å²) in [7, 11) is 0. The molecular weight excluding hydrogens is 216 g/mol. The highest BCUT2D eigenvalue weighted by atomic mass is 16.5. The van der Waals surface area contributed by atoms with Crippen molar-refractivity contribution in [3.63, 3.8) is 0 Å². The molecule has 1 aliphatic carbocycles. The van der Waals surface area contributed by atoms with Gasteiger partial charge in [0.1, 0.15) is 5.41 Å². The molecular formula is C14H20O3. The van der Waals surface area contributed by atoms with Gasteiger partial charge in [-0.3, -0.25) is 9.59 Å². The van der Waals surface area contributed by atoms with E-state index in [2.05, 4.69) is 13.2 Å². The summed E-state index contributed by atoms with van der Waals surface area (Å²) in [5, 5.41) is 0. The van der Waals surface area contributed by atoms with Crippen molar-refractivity contribution in [2.75, 3.05) is 6.61 Å². The lowest BCUT2D eigenvalue weighted by molar-refractivity contribution is -0.159. The van der Waals surface area contributed by atoms with Gasteiger partial charge in [-0.2, -0.15) is 0 Å². The predicted octanol–water partition coefficient (Wildman–Crippen LogP) is 2.67. The monoisotopic (exact) mass is 236 g/mol. The van der Waals surface area contributed by atoms with Crippen LogP contribution in [0.1, 0.15) is 32.6 Å². The number of rotatable bonds is 6. The Bertz CT molecular complexity index is 332. The largest absolute Gasteiger partial charge is 0.465 e. The summed E-state index contributed by atoms with van der Waals surface area (Å²) in [5.74, 6) is -0.482. The third-order valence-electron chi connectivity index (χ3n) is 3.37. The Labute approximate surface area is 103 Å². The molecule has 1 aliphatic rings. The van der Waals surface area contributed by atoms with Crippen LogP contribution in [0.25, 0.3) is 0 Å². The number of carbonyl (C=O) groups is 2. The van der Waals surface area contributed by atoms with Gasteiger partial charge in [0.05, 0.1) is 6.61 Å². The summed E-state index contributed by atoms with van der Waals surface area (Å²) in [5.41, 5.74) is -0.981. The minimum Gasteiger partial charge on any atom is -0.465 e. The van der Waals surface area contributed by atoms with Crippen molar-refractivity contribution < 1.29 is 14.3 Å². The highest BCUT2D eigenvalue weighted by Gasteiger charge is 2.52. The molecule has 0 unspecified atom stereocenters. The van der Waals surface area contributed by atoms with E-state index in [9.17, 15) is 9.59 Å². The molecule has 17 heavy (non-hydrogen) atoms. The van der Waals surface area contributed by atoms with Crippen LogP contribution >= 0.6 is 0 Å². The maximum atomic E-state index is 12.3. The average Bonchev–Trinajstić information content (AvgIpc) is 2.61. The third kappa shape index (κ3) is 2.48. The zero-order valence-electron chi connectivity index (χ0n) is 10.4. The van der Waals surface area contributed by atoms with E-state index in [0.29, 0.717) is 25.9 Å². The summed E-state index contributed by atoms with van der Waals surface area (Å²) in [6, 6.07) is 0. The van der Waals surface area contributed by atoms with E-state index in [4.69, 9.17) is 4.74 Å². The number of Topliss-reactive ketones (excluding diaryl/α,β-unsaturated/α-hetero) is 1. The van der Waals surface area contributed by atoms with Crippen molar-refractivity contribution in [3.8, 4) is 0 Å². The molecule has 1 rings (SSSR count). The van der Waals surface area contributed by atoms with Crippen molar-refractivity contribution in [3.05, 3.63) is 25.3 Å². The minimum atomic E-state index is -0.981. The summed E-state index contributed by atoms with van der Waals surface area (Å²) in [6.07, 6.45) is 5.67. The van der Waals surface area contributed by atoms with Gasteiger partial charge in [0.25, 0.3) is 0 Å². The number of allylic oxidation sites excluding steroid dienone is 2. The Balaban J connectivity index is 2.93. The Morgan fingerprint density at radius 3 is 2.76 bits per heavy atom. The summed E-state index contributed by atoms with van der Waals surface area (Å²) >= 11 is 0. The molecule has 94 valence electrons. The molecule has 0 saturated heterocycles. The fourth-order valence-corrected chi connectivity index (χ4v) is 2.50. The summed E-state index contributed by atoms with van der Waals surface area (Å²) < 4.78 is 5.05. The fraction of sp³-hybridized carbons (Fsp3) is 0.571. The smallest absolute Gasteiger partial charge is 0.319 e. The lowest BCUT2D eigenvalue weighted by Crippen LogP contribution is -2.38. The SMILES string of the molecule is C=CC[C@@H]1CC[C@](CC=C)(C(=O)OCC)C1=O. The minimum absolute atomic E-state index is 0.00394. The Morgan fingerprint density at radius 2 is 2.24 bits per heavy atom. The van der Waals surface area contributed by atoms with Crippen molar-refractivity contribution in [1.82, 2.24) is 0 Å². The normalized spacial score (nSPS) is 27.8. The van der Waals surface area contributed by atoms with Crippen LogP contribution in [0.3, 0.4) is 0 Å². The highest BCUT2D eigenvalue weighted by Crippen LogP contribution is 2.43. The van der Waals surface area contributed by atoms with Crippen LogP contribution in [0.2, 0.25) is 0 Å². The van der Waals surface area contributed by atoms with E-state index in [0.717, 1.165) is 6.42 Å². The van der Waals surface area contributed by atoms with Crippen LogP contribution in [-0.4, -0.2) is 18.4 Å². The molecule has 0 bridgehead atoms. The van der Waals surface area contributed by atoms with Crippen molar-refractivity contribution >= 4 is 11.8 Å². The highest BCUT2D eigenvalue weighted by molar-refractivity contribution is 6.06. The van der Waals surface area contributed by atoms with E-state index in [-0.39, 0.29) is 11.7 Å². The van der Waals surface area contributed by atoms with Crippen LogP contribution < -0.4 is 0 Å². The standard InChI is InChI=1S/C14H20O3/c1-4-7-11-8-10-14(9-5-2,12(11)15)13(16)17-6-3/h4-5,11H,1-2,6-10H2,3H3/t11-,14+/m1/s1. The topological polar surface area (TPSA) is 43.4 Å². The van der Waals surface area contributed by atoms with E-state index >= 15 is 0 Å². The molecule has 3 nitrogen and oxygen atoms in total. The van der Waals surface area contributed by atoms with Gasteiger partial charge in [-0.1, -0.05) is 12.2 Å². The fourth-order valence-electron chi connectivity index (χ4n) is 2.50. The molecule has 0 N–H and O–H groups in total. The summed E-state index contributed by atoms with van der Waals surface area (Å²) in [4.78, 5) is 24.3.